The van der Waals surface area contributed by atoms with Crippen LogP contribution < -0.4 is 15.2 Å². The Morgan fingerprint density at radius 2 is 1.52 bits per heavy atom. The van der Waals surface area contributed by atoms with Crippen molar-refractivity contribution in [2.24, 2.45) is 5.14 Å². The maximum atomic E-state index is 12.9. The lowest BCUT2D eigenvalue weighted by molar-refractivity contribution is 0.102. The minimum atomic E-state index is -3.86. The summed E-state index contributed by atoms with van der Waals surface area (Å²) < 4.78 is 41.2. The van der Waals surface area contributed by atoms with Gasteiger partial charge in [-0.3, -0.25) is 4.79 Å². The minimum Gasteiger partial charge on any atom is -0.457 e. The number of carbonyl (C=O) groups is 1. The van der Waals surface area contributed by atoms with Gasteiger partial charge >= 0.3 is 0 Å². The van der Waals surface area contributed by atoms with Crippen molar-refractivity contribution in [2.75, 3.05) is 5.32 Å². The van der Waals surface area contributed by atoms with Crippen LogP contribution in [0.25, 0.3) is 0 Å². The van der Waals surface area contributed by atoms with Gasteiger partial charge in [0.25, 0.3) is 5.91 Å². The molecule has 0 atom stereocenters. The third kappa shape index (κ3) is 4.90. The van der Waals surface area contributed by atoms with Gasteiger partial charge in [0.15, 0.2) is 0 Å². The summed E-state index contributed by atoms with van der Waals surface area (Å²) in [5.74, 6) is 0.165. The number of amides is 1. The van der Waals surface area contributed by atoms with Gasteiger partial charge in [-0.05, 0) is 66.7 Å². The molecular weight excluding hydrogens is 371 g/mol. The molecule has 0 aromatic heterocycles. The summed E-state index contributed by atoms with van der Waals surface area (Å²) in [6, 6.07) is 17.5. The second-order valence-corrected chi connectivity index (χ2v) is 7.17. The number of hydrogen-bond acceptors (Lipinski definition) is 4. The molecule has 3 N–H and O–H groups in total. The number of ether oxygens (including phenoxy) is 1. The standard InChI is InChI=1S/C19H15FN2O4S/c20-14-6-10-17(11-7-14)26-16-8-4-13(5-9-16)19(23)22-15-2-1-3-18(12-15)27(21,24)25/h1-12H,(H,22,23)(H2,21,24,25). The molecule has 0 aliphatic carbocycles. The van der Waals surface area contributed by atoms with Gasteiger partial charge in [0.05, 0.1) is 4.90 Å². The van der Waals surface area contributed by atoms with E-state index < -0.39 is 15.9 Å². The van der Waals surface area contributed by atoms with E-state index in [0.717, 1.165) is 0 Å². The van der Waals surface area contributed by atoms with E-state index in [2.05, 4.69) is 5.32 Å². The van der Waals surface area contributed by atoms with E-state index in [1.54, 1.807) is 30.3 Å². The highest BCUT2D eigenvalue weighted by molar-refractivity contribution is 7.89. The van der Waals surface area contributed by atoms with Gasteiger partial charge in [-0.1, -0.05) is 6.07 Å². The van der Waals surface area contributed by atoms with Crippen molar-refractivity contribution < 1.29 is 22.3 Å². The number of nitrogens with two attached hydrogens (primary N) is 1. The fourth-order valence-electron chi connectivity index (χ4n) is 2.27. The molecule has 0 heterocycles. The zero-order valence-electron chi connectivity index (χ0n) is 13.9. The molecule has 0 unspecified atom stereocenters. The molecule has 6 nitrogen and oxygen atoms in total. The van der Waals surface area contributed by atoms with Gasteiger partial charge in [-0.2, -0.15) is 0 Å². The van der Waals surface area contributed by atoms with Gasteiger partial charge in [-0.15, -0.1) is 0 Å². The Bertz CT molecular complexity index is 1070. The lowest BCUT2D eigenvalue weighted by atomic mass is 10.2. The van der Waals surface area contributed by atoms with Crippen LogP contribution in [-0.4, -0.2) is 14.3 Å². The summed E-state index contributed by atoms with van der Waals surface area (Å²) in [6.07, 6.45) is 0. The van der Waals surface area contributed by atoms with Gasteiger partial charge in [0.1, 0.15) is 17.3 Å². The summed E-state index contributed by atoms with van der Waals surface area (Å²) in [4.78, 5) is 12.2. The number of sulfonamides is 1. The summed E-state index contributed by atoms with van der Waals surface area (Å²) in [6.45, 7) is 0. The van der Waals surface area contributed by atoms with E-state index in [-0.39, 0.29) is 10.7 Å². The molecule has 0 saturated heterocycles. The van der Waals surface area contributed by atoms with Crippen molar-refractivity contribution in [3.63, 3.8) is 0 Å². The molecule has 3 aromatic rings. The number of anilines is 1. The molecule has 0 spiro atoms. The van der Waals surface area contributed by atoms with E-state index in [9.17, 15) is 17.6 Å². The molecule has 138 valence electrons. The molecule has 0 aliphatic heterocycles. The first-order chi connectivity index (χ1) is 12.8. The second kappa shape index (κ2) is 7.56. The zero-order chi connectivity index (χ0) is 19.4. The first-order valence-corrected chi connectivity index (χ1v) is 9.33. The topological polar surface area (TPSA) is 98.5 Å². The van der Waals surface area contributed by atoms with E-state index in [1.165, 1.54) is 42.5 Å². The summed E-state index contributed by atoms with van der Waals surface area (Å²) in [5.41, 5.74) is 0.653. The third-order valence-electron chi connectivity index (χ3n) is 3.59. The van der Waals surface area contributed by atoms with Crippen molar-refractivity contribution in [1.82, 2.24) is 0 Å². The normalized spacial score (nSPS) is 11.0. The molecular formula is C19H15FN2O4S. The van der Waals surface area contributed by atoms with Crippen LogP contribution in [-0.2, 0) is 10.0 Å². The number of halogens is 1. The number of benzene rings is 3. The number of primary sulfonamides is 1. The van der Waals surface area contributed by atoms with Crippen LogP contribution >= 0.6 is 0 Å². The van der Waals surface area contributed by atoms with Crippen molar-refractivity contribution in [3.8, 4) is 11.5 Å². The second-order valence-electron chi connectivity index (χ2n) is 5.61. The van der Waals surface area contributed by atoms with E-state index in [1.807, 2.05) is 0 Å². The fraction of sp³-hybridized carbons (Fsp3) is 0. The molecule has 0 saturated carbocycles. The largest absolute Gasteiger partial charge is 0.457 e. The van der Waals surface area contributed by atoms with Gasteiger partial charge in [0, 0.05) is 11.3 Å². The third-order valence-corrected chi connectivity index (χ3v) is 4.50. The number of hydrogen-bond donors (Lipinski definition) is 2. The quantitative estimate of drug-likeness (QED) is 0.701. The lowest BCUT2D eigenvalue weighted by Gasteiger charge is -2.08. The minimum absolute atomic E-state index is 0.0941. The van der Waals surface area contributed by atoms with Crippen molar-refractivity contribution in [2.45, 2.75) is 4.90 Å². The number of carbonyl (C=O) groups excluding carboxylic acids is 1. The Labute approximate surface area is 155 Å². The Morgan fingerprint density at radius 1 is 0.926 bits per heavy atom. The van der Waals surface area contributed by atoms with E-state index in [0.29, 0.717) is 22.7 Å². The predicted molar refractivity (Wildman–Crippen MR) is 98.7 cm³/mol. The SMILES string of the molecule is NS(=O)(=O)c1cccc(NC(=O)c2ccc(Oc3ccc(F)cc3)cc2)c1. The first kappa shape index (κ1) is 18.6. The molecule has 8 heteroatoms. The van der Waals surface area contributed by atoms with E-state index >= 15 is 0 Å². The molecule has 0 bridgehead atoms. The van der Waals surface area contributed by atoms with Crippen LogP contribution in [0.4, 0.5) is 10.1 Å². The highest BCUT2D eigenvalue weighted by Crippen LogP contribution is 2.22. The molecule has 1 amide bonds. The maximum Gasteiger partial charge on any atom is 0.255 e. The Morgan fingerprint density at radius 3 is 2.11 bits per heavy atom. The summed E-state index contributed by atoms with van der Waals surface area (Å²) >= 11 is 0. The van der Waals surface area contributed by atoms with Crippen molar-refractivity contribution >= 4 is 21.6 Å². The first-order valence-electron chi connectivity index (χ1n) is 7.79. The average Bonchev–Trinajstić information content (AvgIpc) is 2.64. The van der Waals surface area contributed by atoms with E-state index in [4.69, 9.17) is 9.88 Å². The highest BCUT2D eigenvalue weighted by atomic mass is 32.2. The van der Waals surface area contributed by atoms with Crippen LogP contribution in [0.3, 0.4) is 0 Å². The summed E-state index contributed by atoms with van der Waals surface area (Å²) in [5, 5.41) is 7.69. The Hall–Kier alpha value is -3.23. The molecule has 0 aliphatic rings. The van der Waals surface area contributed by atoms with Crippen LogP contribution in [0.1, 0.15) is 10.4 Å². The smallest absolute Gasteiger partial charge is 0.255 e. The van der Waals surface area contributed by atoms with Crippen LogP contribution in [0.15, 0.2) is 77.7 Å². The average molecular weight is 386 g/mol. The predicted octanol–water partition coefficient (Wildman–Crippen LogP) is 3.52. The van der Waals surface area contributed by atoms with Gasteiger partial charge < -0.3 is 10.1 Å². The Balaban J connectivity index is 1.70. The fourth-order valence-corrected chi connectivity index (χ4v) is 2.83. The molecule has 27 heavy (non-hydrogen) atoms. The van der Waals surface area contributed by atoms with Crippen LogP contribution in [0.2, 0.25) is 0 Å². The summed E-state index contributed by atoms with van der Waals surface area (Å²) in [7, 11) is -3.86. The molecule has 0 radical (unpaired) electrons. The van der Waals surface area contributed by atoms with Gasteiger partial charge in [-0.25, -0.2) is 17.9 Å². The zero-order valence-corrected chi connectivity index (χ0v) is 14.7. The molecule has 3 aromatic carbocycles. The molecule has 0 fully saturated rings. The monoisotopic (exact) mass is 386 g/mol. The Kier molecular flexibility index (Phi) is 5.20. The molecule has 3 rings (SSSR count). The van der Waals surface area contributed by atoms with Crippen molar-refractivity contribution in [1.29, 1.82) is 0 Å². The number of rotatable bonds is 5. The highest BCUT2D eigenvalue weighted by Gasteiger charge is 2.11. The van der Waals surface area contributed by atoms with Crippen LogP contribution in [0, 0.1) is 5.82 Å². The van der Waals surface area contributed by atoms with Crippen LogP contribution in [0.5, 0.6) is 11.5 Å². The lowest BCUT2D eigenvalue weighted by Crippen LogP contribution is -2.14. The maximum absolute atomic E-state index is 12.9. The van der Waals surface area contributed by atoms with Crippen molar-refractivity contribution in [3.05, 3.63) is 84.2 Å². The van der Waals surface area contributed by atoms with Gasteiger partial charge in [0.2, 0.25) is 10.0 Å². The number of nitrogens with one attached hydrogen (secondary N) is 1.